The highest BCUT2D eigenvalue weighted by atomic mass is 35.5. The maximum Gasteiger partial charge on any atom is 0.338 e. The Hall–Kier alpha value is -1.02. The van der Waals surface area contributed by atoms with Gasteiger partial charge in [-0.25, -0.2) is 4.79 Å². The molecule has 1 aromatic rings. The van der Waals surface area contributed by atoms with Crippen LogP contribution in [0.3, 0.4) is 0 Å². The van der Waals surface area contributed by atoms with Crippen molar-refractivity contribution < 1.29 is 9.53 Å². The van der Waals surface area contributed by atoms with E-state index in [2.05, 4.69) is 13.0 Å². The zero-order valence-corrected chi connectivity index (χ0v) is 11.2. The molecular formula is C14H19ClO2. The fourth-order valence-electron chi connectivity index (χ4n) is 1.72. The van der Waals surface area contributed by atoms with Crippen molar-refractivity contribution in [3.05, 3.63) is 34.9 Å². The lowest BCUT2D eigenvalue weighted by atomic mass is 9.99. The van der Waals surface area contributed by atoms with Crippen molar-refractivity contribution in [1.82, 2.24) is 0 Å². The molecule has 0 bridgehead atoms. The Bertz CT molecular complexity index is 374. The van der Waals surface area contributed by atoms with Crippen LogP contribution in [0.25, 0.3) is 0 Å². The minimum absolute atomic E-state index is 0.229. The van der Waals surface area contributed by atoms with Crippen LogP contribution in [0.1, 0.15) is 41.8 Å². The van der Waals surface area contributed by atoms with Crippen LogP contribution in [0.15, 0.2) is 18.2 Å². The number of esters is 1. The van der Waals surface area contributed by atoms with Gasteiger partial charge >= 0.3 is 5.97 Å². The van der Waals surface area contributed by atoms with Crippen LogP contribution in [0.5, 0.6) is 0 Å². The van der Waals surface area contributed by atoms with Crippen LogP contribution in [-0.4, -0.2) is 18.5 Å². The summed E-state index contributed by atoms with van der Waals surface area (Å²) in [7, 11) is 0. The quantitative estimate of drug-likeness (QED) is 0.573. The zero-order valence-electron chi connectivity index (χ0n) is 10.5. The SMILES string of the molecule is CCOC(=O)c1cc(CC)ccc1CCCCl. The molecule has 0 aromatic heterocycles. The first-order valence-electron chi connectivity index (χ1n) is 6.07. The van der Waals surface area contributed by atoms with E-state index >= 15 is 0 Å². The molecule has 3 heteroatoms. The summed E-state index contributed by atoms with van der Waals surface area (Å²) in [5.41, 5.74) is 2.88. The Morgan fingerprint density at radius 3 is 2.71 bits per heavy atom. The predicted octanol–water partition coefficient (Wildman–Crippen LogP) is 3.60. The molecular weight excluding hydrogens is 236 g/mol. The van der Waals surface area contributed by atoms with E-state index in [-0.39, 0.29) is 5.97 Å². The first-order valence-corrected chi connectivity index (χ1v) is 6.61. The summed E-state index contributed by atoms with van der Waals surface area (Å²) < 4.78 is 5.08. The van der Waals surface area contributed by atoms with Gasteiger partial charge in [-0.3, -0.25) is 0 Å². The molecule has 0 aliphatic rings. The maximum absolute atomic E-state index is 11.8. The molecule has 0 heterocycles. The number of carbonyl (C=O) groups excluding carboxylic acids is 1. The molecule has 0 atom stereocenters. The Morgan fingerprint density at radius 2 is 2.12 bits per heavy atom. The number of halogens is 1. The second-order valence-corrected chi connectivity index (χ2v) is 4.24. The summed E-state index contributed by atoms with van der Waals surface area (Å²) in [4.78, 5) is 11.8. The number of carbonyl (C=O) groups is 1. The van der Waals surface area contributed by atoms with E-state index in [1.54, 1.807) is 0 Å². The molecule has 0 N–H and O–H groups in total. The molecule has 0 unspecified atom stereocenters. The molecule has 1 rings (SSSR count). The molecule has 0 aliphatic carbocycles. The van der Waals surface area contributed by atoms with Gasteiger partial charge in [-0.1, -0.05) is 19.1 Å². The van der Waals surface area contributed by atoms with Crippen molar-refractivity contribution in [3.8, 4) is 0 Å². The van der Waals surface area contributed by atoms with Crippen LogP contribution in [0, 0.1) is 0 Å². The van der Waals surface area contributed by atoms with Crippen molar-refractivity contribution in [3.63, 3.8) is 0 Å². The standard InChI is InChI=1S/C14H19ClO2/c1-3-11-7-8-12(6-5-9-15)13(10-11)14(16)17-4-2/h7-8,10H,3-6,9H2,1-2H3. The van der Waals surface area contributed by atoms with Gasteiger partial charge in [0.15, 0.2) is 0 Å². The molecule has 0 fully saturated rings. The third-order valence-corrected chi connectivity index (χ3v) is 2.92. The van der Waals surface area contributed by atoms with Gasteiger partial charge in [0, 0.05) is 5.88 Å². The molecule has 2 nitrogen and oxygen atoms in total. The highest BCUT2D eigenvalue weighted by Gasteiger charge is 2.12. The van der Waals surface area contributed by atoms with Gasteiger partial charge in [-0.15, -0.1) is 11.6 Å². The molecule has 17 heavy (non-hydrogen) atoms. The van der Waals surface area contributed by atoms with Crippen molar-refractivity contribution >= 4 is 17.6 Å². The van der Waals surface area contributed by atoms with E-state index < -0.39 is 0 Å². The first-order chi connectivity index (χ1) is 8.22. The minimum Gasteiger partial charge on any atom is -0.462 e. The summed E-state index contributed by atoms with van der Waals surface area (Å²) in [6, 6.07) is 6.01. The minimum atomic E-state index is -0.229. The van der Waals surface area contributed by atoms with Gasteiger partial charge in [0.25, 0.3) is 0 Å². The lowest BCUT2D eigenvalue weighted by Gasteiger charge is -2.10. The van der Waals surface area contributed by atoms with Gasteiger partial charge in [0.2, 0.25) is 0 Å². The van der Waals surface area contributed by atoms with Gasteiger partial charge in [0.1, 0.15) is 0 Å². The van der Waals surface area contributed by atoms with Crippen LogP contribution >= 0.6 is 11.6 Å². The molecule has 0 saturated heterocycles. The molecule has 0 radical (unpaired) electrons. The Labute approximate surface area is 108 Å². The lowest BCUT2D eigenvalue weighted by molar-refractivity contribution is 0.0525. The average Bonchev–Trinajstić information content (AvgIpc) is 2.36. The maximum atomic E-state index is 11.8. The van der Waals surface area contributed by atoms with Gasteiger partial charge < -0.3 is 4.74 Å². The van der Waals surface area contributed by atoms with E-state index in [0.717, 1.165) is 30.4 Å². The topological polar surface area (TPSA) is 26.3 Å². The number of benzene rings is 1. The van der Waals surface area contributed by atoms with Crippen molar-refractivity contribution in [2.45, 2.75) is 33.1 Å². The normalized spacial score (nSPS) is 10.3. The van der Waals surface area contributed by atoms with Crippen LogP contribution in [0.4, 0.5) is 0 Å². The molecule has 94 valence electrons. The van der Waals surface area contributed by atoms with Crippen LogP contribution in [-0.2, 0) is 17.6 Å². The predicted molar refractivity (Wildman–Crippen MR) is 70.8 cm³/mol. The van der Waals surface area contributed by atoms with Crippen molar-refractivity contribution in [2.75, 3.05) is 12.5 Å². The lowest BCUT2D eigenvalue weighted by Crippen LogP contribution is -2.09. The number of aryl methyl sites for hydroxylation is 2. The third-order valence-electron chi connectivity index (χ3n) is 2.66. The first kappa shape index (κ1) is 14.0. The zero-order chi connectivity index (χ0) is 12.7. The van der Waals surface area contributed by atoms with Crippen LogP contribution in [0.2, 0.25) is 0 Å². The smallest absolute Gasteiger partial charge is 0.338 e. The van der Waals surface area contributed by atoms with Gasteiger partial charge in [-0.05, 0) is 43.4 Å². The summed E-state index contributed by atoms with van der Waals surface area (Å²) >= 11 is 5.69. The summed E-state index contributed by atoms with van der Waals surface area (Å²) in [5.74, 6) is 0.380. The fraction of sp³-hybridized carbons (Fsp3) is 0.500. The number of ether oxygens (including phenoxy) is 1. The van der Waals surface area contributed by atoms with Gasteiger partial charge in [0.05, 0.1) is 12.2 Å². The van der Waals surface area contributed by atoms with Crippen LogP contribution < -0.4 is 0 Å². The number of alkyl halides is 1. The average molecular weight is 255 g/mol. The Morgan fingerprint density at radius 1 is 1.35 bits per heavy atom. The van der Waals surface area contributed by atoms with Gasteiger partial charge in [-0.2, -0.15) is 0 Å². The largest absolute Gasteiger partial charge is 0.462 e. The Balaban J connectivity index is 2.98. The highest BCUT2D eigenvalue weighted by Crippen LogP contribution is 2.16. The number of hydrogen-bond donors (Lipinski definition) is 0. The summed E-state index contributed by atoms with van der Waals surface area (Å²) in [5, 5.41) is 0. The monoisotopic (exact) mass is 254 g/mol. The van der Waals surface area contributed by atoms with E-state index in [4.69, 9.17) is 16.3 Å². The van der Waals surface area contributed by atoms with E-state index in [1.807, 2.05) is 19.1 Å². The fourth-order valence-corrected chi connectivity index (χ4v) is 1.85. The molecule has 1 aromatic carbocycles. The summed E-state index contributed by atoms with van der Waals surface area (Å²) in [6.45, 7) is 4.30. The van der Waals surface area contributed by atoms with Crippen molar-refractivity contribution in [2.24, 2.45) is 0 Å². The third kappa shape index (κ3) is 4.04. The summed E-state index contributed by atoms with van der Waals surface area (Å²) in [6.07, 6.45) is 2.61. The van der Waals surface area contributed by atoms with E-state index in [9.17, 15) is 4.79 Å². The molecule has 0 aliphatic heterocycles. The molecule has 0 saturated carbocycles. The Kier molecular flexibility index (Phi) is 6.06. The second kappa shape index (κ2) is 7.33. The second-order valence-electron chi connectivity index (χ2n) is 3.86. The molecule has 0 amide bonds. The number of rotatable bonds is 6. The van der Waals surface area contributed by atoms with Crippen molar-refractivity contribution in [1.29, 1.82) is 0 Å². The van der Waals surface area contributed by atoms with E-state index in [0.29, 0.717) is 18.1 Å². The van der Waals surface area contributed by atoms with E-state index in [1.165, 1.54) is 0 Å². The highest BCUT2D eigenvalue weighted by molar-refractivity contribution is 6.17. The number of hydrogen-bond acceptors (Lipinski definition) is 2. The molecule has 0 spiro atoms.